The van der Waals surface area contributed by atoms with Gasteiger partial charge in [-0.3, -0.25) is 9.59 Å². The van der Waals surface area contributed by atoms with Crippen LogP contribution in [-0.4, -0.2) is 34.6 Å². The van der Waals surface area contributed by atoms with E-state index in [2.05, 4.69) is 0 Å². The van der Waals surface area contributed by atoms with Crippen LogP contribution in [0.3, 0.4) is 0 Å². The standard InChI is InChI=1S/C16H19NO5/c1-5-12(15(20)21-16(2,3)4)22-17-13(18)10-8-6-7-9-11(10)14(17)19/h6-9,12H,5H2,1-4H3. The molecule has 0 N–H and O–H groups in total. The molecule has 1 aliphatic heterocycles. The zero-order valence-corrected chi connectivity index (χ0v) is 13.1. The van der Waals surface area contributed by atoms with E-state index in [-0.39, 0.29) is 17.5 Å². The molecule has 0 saturated carbocycles. The average Bonchev–Trinajstić information content (AvgIpc) is 2.67. The average molecular weight is 305 g/mol. The molecular weight excluding hydrogens is 286 g/mol. The van der Waals surface area contributed by atoms with Crippen molar-refractivity contribution in [2.24, 2.45) is 0 Å². The minimum atomic E-state index is -1.01. The first-order valence-corrected chi connectivity index (χ1v) is 7.12. The summed E-state index contributed by atoms with van der Waals surface area (Å²) < 4.78 is 5.24. The highest BCUT2D eigenvalue weighted by molar-refractivity contribution is 6.20. The SMILES string of the molecule is CCC(ON1C(=O)c2ccccc2C1=O)C(=O)OC(C)(C)C. The molecule has 1 heterocycles. The molecule has 0 aromatic heterocycles. The lowest BCUT2D eigenvalue weighted by molar-refractivity contribution is -0.189. The zero-order valence-electron chi connectivity index (χ0n) is 13.1. The van der Waals surface area contributed by atoms with E-state index in [9.17, 15) is 14.4 Å². The first kappa shape index (κ1) is 16.2. The second kappa shape index (κ2) is 5.88. The number of hydrogen-bond donors (Lipinski definition) is 0. The fraction of sp³-hybridized carbons (Fsp3) is 0.438. The van der Waals surface area contributed by atoms with Gasteiger partial charge in [0.2, 0.25) is 0 Å². The zero-order chi connectivity index (χ0) is 16.5. The molecule has 0 fully saturated rings. The number of hydrogen-bond acceptors (Lipinski definition) is 5. The topological polar surface area (TPSA) is 72.9 Å². The van der Waals surface area contributed by atoms with E-state index < -0.39 is 29.5 Å². The number of carbonyl (C=O) groups is 3. The Labute approximate surface area is 129 Å². The molecule has 22 heavy (non-hydrogen) atoms. The number of carbonyl (C=O) groups excluding carboxylic acids is 3. The molecule has 6 heteroatoms. The van der Waals surface area contributed by atoms with Crippen LogP contribution < -0.4 is 0 Å². The molecule has 1 aliphatic rings. The summed E-state index contributed by atoms with van der Waals surface area (Å²) in [5.41, 5.74) is -0.131. The van der Waals surface area contributed by atoms with E-state index in [4.69, 9.17) is 9.57 Å². The van der Waals surface area contributed by atoms with Crippen LogP contribution in [0.5, 0.6) is 0 Å². The Bertz CT molecular complexity index is 582. The van der Waals surface area contributed by atoms with Crippen LogP contribution in [0.2, 0.25) is 0 Å². The van der Waals surface area contributed by atoms with E-state index in [1.165, 1.54) is 0 Å². The molecule has 1 aromatic carbocycles. The quantitative estimate of drug-likeness (QED) is 0.630. The maximum atomic E-state index is 12.2. The number of rotatable bonds is 4. The third-order valence-electron chi connectivity index (χ3n) is 3.03. The number of hydroxylamine groups is 2. The molecule has 118 valence electrons. The molecular formula is C16H19NO5. The molecule has 0 bridgehead atoms. The first-order valence-electron chi connectivity index (χ1n) is 7.12. The van der Waals surface area contributed by atoms with E-state index >= 15 is 0 Å². The van der Waals surface area contributed by atoms with Crippen LogP contribution >= 0.6 is 0 Å². The normalized spacial score (nSPS) is 15.7. The van der Waals surface area contributed by atoms with Gasteiger partial charge in [0.1, 0.15) is 5.60 Å². The number of amides is 2. The van der Waals surface area contributed by atoms with Gasteiger partial charge in [0, 0.05) is 0 Å². The summed E-state index contributed by atoms with van der Waals surface area (Å²) >= 11 is 0. The van der Waals surface area contributed by atoms with Crippen molar-refractivity contribution >= 4 is 17.8 Å². The Kier molecular flexibility index (Phi) is 4.32. The molecule has 6 nitrogen and oxygen atoms in total. The summed E-state index contributed by atoms with van der Waals surface area (Å²) in [5.74, 6) is -1.74. The predicted octanol–water partition coefficient (Wildman–Crippen LogP) is 2.33. The van der Waals surface area contributed by atoms with Gasteiger partial charge in [-0.1, -0.05) is 19.1 Å². The van der Waals surface area contributed by atoms with Crippen LogP contribution in [0.15, 0.2) is 24.3 Å². The summed E-state index contributed by atoms with van der Waals surface area (Å²) in [4.78, 5) is 41.8. The van der Waals surface area contributed by atoms with Gasteiger partial charge in [0.15, 0.2) is 6.10 Å². The number of fused-ring (bicyclic) bond motifs is 1. The molecule has 1 unspecified atom stereocenters. The van der Waals surface area contributed by atoms with Gasteiger partial charge in [0.05, 0.1) is 11.1 Å². The largest absolute Gasteiger partial charge is 0.458 e. The Morgan fingerprint density at radius 2 is 1.64 bits per heavy atom. The Morgan fingerprint density at radius 3 is 2.05 bits per heavy atom. The maximum Gasteiger partial charge on any atom is 0.338 e. The summed E-state index contributed by atoms with van der Waals surface area (Å²) in [6, 6.07) is 6.43. The molecule has 0 saturated heterocycles. The van der Waals surface area contributed by atoms with Crippen molar-refractivity contribution in [3.05, 3.63) is 35.4 Å². The third kappa shape index (κ3) is 3.17. The van der Waals surface area contributed by atoms with Crippen LogP contribution in [0.1, 0.15) is 54.8 Å². The lowest BCUT2D eigenvalue weighted by atomic mass is 10.1. The fourth-order valence-corrected chi connectivity index (χ4v) is 2.04. The monoisotopic (exact) mass is 305 g/mol. The predicted molar refractivity (Wildman–Crippen MR) is 78.0 cm³/mol. The van der Waals surface area contributed by atoms with Gasteiger partial charge >= 0.3 is 5.97 Å². The molecule has 1 aromatic rings. The summed E-state index contributed by atoms with van der Waals surface area (Å²) in [5, 5.41) is 0.642. The smallest absolute Gasteiger partial charge is 0.338 e. The Morgan fingerprint density at radius 1 is 1.14 bits per heavy atom. The molecule has 2 rings (SSSR count). The highest BCUT2D eigenvalue weighted by Crippen LogP contribution is 2.24. The van der Waals surface area contributed by atoms with E-state index in [1.807, 2.05) is 0 Å². The third-order valence-corrected chi connectivity index (χ3v) is 3.03. The number of benzene rings is 1. The van der Waals surface area contributed by atoms with Gasteiger partial charge < -0.3 is 4.74 Å². The number of nitrogens with zero attached hydrogens (tertiary/aromatic N) is 1. The number of esters is 1. The van der Waals surface area contributed by atoms with E-state index in [1.54, 1.807) is 52.0 Å². The van der Waals surface area contributed by atoms with Gasteiger partial charge in [-0.05, 0) is 39.3 Å². The highest BCUT2D eigenvalue weighted by Gasteiger charge is 2.39. The van der Waals surface area contributed by atoms with Crippen molar-refractivity contribution in [3.8, 4) is 0 Å². The van der Waals surface area contributed by atoms with E-state index in [0.717, 1.165) is 0 Å². The van der Waals surface area contributed by atoms with Crippen molar-refractivity contribution in [3.63, 3.8) is 0 Å². The molecule has 2 amide bonds. The molecule has 0 aliphatic carbocycles. The number of imide groups is 1. The minimum Gasteiger partial charge on any atom is -0.458 e. The van der Waals surface area contributed by atoms with Crippen LogP contribution in [-0.2, 0) is 14.4 Å². The summed E-state index contributed by atoms with van der Waals surface area (Å²) in [6.07, 6.45) is -0.732. The van der Waals surface area contributed by atoms with Crippen molar-refractivity contribution in [1.82, 2.24) is 5.06 Å². The Hall–Kier alpha value is -2.21. The van der Waals surface area contributed by atoms with Crippen molar-refractivity contribution < 1.29 is 24.0 Å². The lowest BCUT2D eigenvalue weighted by Crippen LogP contribution is -2.40. The maximum absolute atomic E-state index is 12.2. The van der Waals surface area contributed by atoms with Gasteiger partial charge in [-0.15, -0.1) is 5.06 Å². The van der Waals surface area contributed by atoms with Crippen molar-refractivity contribution in [2.45, 2.75) is 45.8 Å². The Balaban J connectivity index is 2.15. The fourth-order valence-electron chi connectivity index (χ4n) is 2.04. The van der Waals surface area contributed by atoms with Crippen LogP contribution in [0.25, 0.3) is 0 Å². The van der Waals surface area contributed by atoms with Crippen molar-refractivity contribution in [1.29, 1.82) is 0 Å². The number of ether oxygens (including phenoxy) is 1. The second-order valence-electron chi connectivity index (χ2n) is 5.99. The van der Waals surface area contributed by atoms with Gasteiger partial charge in [-0.2, -0.15) is 0 Å². The molecule has 0 radical (unpaired) electrons. The highest BCUT2D eigenvalue weighted by atomic mass is 16.7. The summed E-state index contributed by atoms with van der Waals surface area (Å²) in [7, 11) is 0. The minimum absolute atomic E-state index is 0.270. The van der Waals surface area contributed by atoms with Gasteiger partial charge in [-0.25, -0.2) is 9.63 Å². The molecule has 1 atom stereocenters. The second-order valence-corrected chi connectivity index (χ2v) is 5.99. The lowest BCUT2D eigenvalue weighted by Gasteiger charge is -2.25. The van der Waals surface area contributed by atoms with Crippen molar-refractivity contribution in [2.75, 3.05) is 0 Å². The first-order chi connectivity index (χ1) is 10.2. The summed E-state index contributed by atoms with van der Waals surface area (Å²) in [6.45, 7) is 6.92. The molecule has 0 spiro atoms. The van der Waals surface area contributed by atoms with Crippen LogP contribution in [0.4, 0.5) is 0 Å². The van der Waals surface area contributed by atoms with Crippen LogP contribution in [0, 0.1) is 0 Å². The van der Waals surface area contributed by atoms with Gasteiger partial charge in [0.25, 0.3) is 11.8 Å². The van der Waals surface area contributed by atoms with E-state index in [0.29, 0.717) is 5.06 Å².